The van der Waals surface area contributed by atoms with Gasteiger partial charge in [-0.15, -0.1) is 0 Å². The molecule has 10 nitrogen and oxygen atoms in total. The third-order valence-electron chi connectivity index (χ3n) is 6.37. The van der Waals surface area contributed by atoms with Crippen LogP contribution in [0, 0.1) is 17.0 Å². The number of amidine groups is 1. The van der Waals surface area contributed by atoms with Gasteiger partial charge >= 0.3 is 0 Å². The SMILES string of the molecule is CS(=O)(=O)N1CCC(Nc2n[nH]c3c2nc(-c2c(F)cccc2F)c2cc(C(=N)NO)ccc23)CC1. The minimum Gasteiger partial charge on any atom is -0.364 e. The van der Waals surface area contributed by atoms with E-state index in [0.717, 1.165) is 12.1 Å². The minimum absolute atomic E-state index is 0.0250. The predicted octanol–water partition coefficient (Wildman–Crippen LogP) is 3.20. The Kier molecular flexibility index (Phi) is 6.06. The van der Waals surface area contributed by atoms with Gasteiger partial charge in [0.15, 0.2) is 5.82 Å². The van der Waals surface area contributed by atoms with E-state index in [2.05, 4.69) is 20.5 Å². The number of aromatic nitrogens is 3. The molecule has 1 saturated heterocycles. The van der Waals surface area contributed by atoms with Gasteiger partial charge in [0.2, 0.25) is 10.0 Å². The number of anilines is 1. The van der Waals surface area contributed by atoms with Crippen molar-refractivity contribution < 1.29 is 22.4 Å². The molecule has 3 heterocycles. The van der Waals surface area contributed by atoms with Crippen LogP contribution in [0.1, 0.15) is 18.4 Å². The molecule has 4 aromatic rings. The van der Waals surface area contributed by atoms with Crippen molar-refractivity contribution >= 4 is 43.5 Å². The quantitative estimate of drug-likeness (QED) is 0.156. The van der Waals surface area contributed by atoms with E-state index in [1.165, 1.54) is 22.7 Å². The summed E-state index contributed by atoms with van der Waals surface area (Å²) in [6.45, 7) is 0.739. The van der Waals surface area contributed by atoms with Gasteiger partial charge in [-0.05, 0) is 31.0 Å². The predicted molar refractivity (Wildman–Crippen MR) is 132 cm³/mol. The summed E-state index contributed by atoms with van der Waals surface area (Å²) < 4.78 is 54.7. The van der Waals surface area contributed by atoms with Crippen LogP contribution in [0.2, 0.25) is 0 Å². The van der Waals surface area contributed by atoms with Crippen molar-refractivity contribution in [3.63, 3.8) is 0 Å². The number of hydroxylamine groups is 1. The number of H-pyrrole nitrogens is 1. The van der Waals surface area contributed by atoms with Crippen molar-refractivity contribution in [2.45, 2.75) is 18.9 Å². The van der Waals surface area contributed by atoms with Crippen molar-refractivity contribution in [2.75, 3.05) is 24.7 Å². The van der Waals surface area contributed by atoms with Gasteiger partial charge in [-0.2, -0.15) is 5.10 Å². The summed E-state index contributed by atoms with van der Waals surface area (Å²) in [4.78, 5) is 4.61. The molecule has 0 amide bonds. The van der Waals surface area contributed by atoms with E-state index in [9.17, 15) is 17.2 Å². The molecule has 2 aromatic carbocycles. The van der Waals surface area contributed by atoms with Gasteiger partial charge in [-0.1, -0.05) is 18.2 Å². The number of aromatic amines is 1. The summed E-state index contributed by atoms with van der Waals surface area (Å²) in [5.41, 5.74) is 2.66. The zero-order chi connectivity index (χ0) is 25.6. The number of sulfonamides is 1. The van der Waals surface area contributed by atoms with Gasteiger partial charge in [-0.3, -0.25) is 21.2 Å². The molecule has 1 aliphatic heterocycles. The maximum absolute atomic E-state index is 14.9. The first-order chi connectivity index (χ1) is 17.2. The molecule has 1 fully saturated rings. The van der Waals surface area contributed by atoms with E-state index in [1.54, 1.807) is 17.6 Å². The molecule has 2 aromatic heterocycles. The van der Waals surface area contributed by atoms with Crippen LogP contribution < -0.4 is 10.8 Å². The van der Waals surface area contributed by atoms with E-state index in [0.29, 0.717) is 59.1 Å². The molecule has 0 saturated carbocycles. The number of halogens is 2. The smallest absolute Gasteiger partial charge is 0.211 e. The fourth-order valence-electron chi connectivity index (χ4n) is 4.52. The van der Waals surface area contributed by atoms with Crippen LogP contribution >= 0.6 is 0 Å². The van der Waals surface area contributed by atoms with E-state index in [4.69, 9.17) is 10.6 Å². The summed E-state index contributed by atoms with van der Waals surface area (Å²) in [7, 11) is -3.26. The van der Waals surface area contributed by atoms with Crippen LogP contribution in [0.3, 0.4) is 0 Å². The van der Waals surface area contributed by atoms with Gasteiger partial charge < -0.3 is 5.32 Å². The molecular weight excluding hydrogens is 492 g/mol. The molecule has 0 aliphatic carbocycles. The van der Waals surface area contributed by atoms with Gasteiger partial charge in [0, 0.05) is 35.5 Å². The standard InChI is InChI=1S/C23H23F2N7O3S/c1-36(34,35)32-9-7-13(8-10-32)27-23-21-20(29-30-23)14-6-5-12(22(26)31-33)11-15(14)19(28-21)18-16(24)3-2-4-17(18)25/h2-6,11,13,33H,7-10H2,1H3,(H2,26,31)(H2,27,29,30). The Hall–Kier alpha value is -3.68. The molecule has 13 heteroatoms. The van der Waals surface area contributed by atoms with E-state index >= 15 is 0 Å². The third-order valence-corrected chi connectivity index (χ3v) is 7.68. The van der Waals surface area contributed by atoms with Crippen molar-refractivity contribution in [3.05, 3.63) is 53.6 Å². The number of hydrogen-bond donors (Lipinski definition) is 5. The topological polar surface area (TPSA) is 147 Å². The van der Waals surface area contributed by atoms with Gasteiger partial charge in [0.25, 0.3) is 0 Å². The highest BCUT2D eigenvalue weighted by atomic mass is 32.2. The lowest BCUT2D eigenvalue weighted by Gasteiger charge is -2.30. The first-order valence-electron chi connectivity index (χ1n) is 11.1. The monoisotopic (exact) mass is 515 g/mol. The number of pyridine rings is 1. The first kappa shape index (κ1) is 24.0. The van der Waals surface area contributed by atoms with Gasteiger partial charge in [-0.25, -0.2) is 26.5 Å². The number of piperidine rings is 1. The van der Waals surface area contributed by atoms with Crippen LogP contribution in [-0.4, -0.2) is 64.3 Å². The summed E-state index contributed by atoms with van der Waals surface area (Å²) in [5.74, 6) is -1.49. The second kappa shape index (κ2) is 9.08. The Morgan fingerprint density at radius 3 is 2.50 bits per heavy atom. The minimum atomic E-state index is -3.26. The highest BCUT2D eigenvalue weighted by Gasteiger charge is 2.27. The van der Waals surface area contributed by atoms with Crippen LogP contribution in [0.25, 0.3) is 33.1 Å². The summed E-state index contributed by atoms with van der Waals surface area (Å²) >= 11 is 0. The van der Waals surface area contributed by atoms with Crippen molar-refractivity contribution in [1.82, 2.24) is 25.0 Å². The molecular formula is C23H23F2N7O3S. The maximum Gasteiger partial charge on any atom is 0.211 e. The van der Waals surface area contributed by atoms with E-state index in [-0.39, 0.29) is 23.1 Å². The first-order valence-corrected chi connectivity index (χ1v) is 13.0. The second-order valence-corrected chi connectivity index (χ2v) is 10.7. The average Bonchev–Trinajstić information content (AvgIpc) is 3.25. The molecule has 0 atom stereocenters. The Labute approximate surface area is 204 Å². The largest absolute Gasteiger partial charge is 0.364 e. The van der Waals surface area contributed by atoms with Crippen LogP contribution in [0.5, 0.6) is 0 Å². The Bertz CT molecular complexity index is 1580. The summed E-state index contributed by atoms with van der Waals surface area (Å²) in [6, 6.07) is 8.24. The highest BCUT2D eigenvalue weighted by Crippen LogP contribution is 2.37. The normalized spacial score (nSPS) is 15.4. The van der Waals surface area contributed by atoms with Crippen molar-refractivity contribution in [3.8, 4) is 11.3 Å². The maximum atomic E-state index is 14.9. The number of fused-ring (bicyclic) bond motifs is 3. The van der Waals surface area contributed by atoms with Crippen LogP contribution in [0.4, 0.5) is 14.6 Å². The molecule has 5 rings (SSSR count). The third kappa shape index (κ3) is 4.25. The number of rotatable bonds is 5. The van der Waals surface area contributed by atoms with E-state index in [1.807, 2.05) is 0 Å². The molecule has 36 heavy (non-hydrogen) atoms. The fraction of sp³-hybridized carbons (Fsp3) is 0.261. The number of nitrogens with one attached hydrogen (secondary N) is 4. The molecule has 188 valence electrons. The number of benzene rings is 2. The Balaban J connectivity index is 1.63. The molecule has 1 aliphatic rings. The number of nitrogens with zero attached hydrogens (tertiary/aromatic N) is 3. The lowest BCUT2D eigenvalue weighted by atomic mass is 9.99. The zero-order valence-electron chi connectivity index (χ0n) is 19.1. The molecule has 0 bridgehead atoms. The molecule has 0 spiro atoms. The van der Waals surface area contributed by atoms with E-state index < -0.39 is 21.7 Å². The Morgan fingerprint density at radius 1 is 1.17 bits per heavy atom. The molecule has 0 radical (unpaired) electrons. The Morgan fingerprint density at radius 2 is 1.86 bits per heavy atom. The lowest BCUT2D eigenvalue weighted by molar-refractivity contribution is 0.234. The van der Waals surface area contributed by atoms with Crippen LogP contribution in [-0.2, 0) is 10.0 Å². The second-order valence-electron chi connectivity index (χ2n) is 8.68. The lowest BCUT2D eigenvalue weighted by Crippen LogP contribution is -2.41. The average molecular weight is 516 g/mol. The van der Waals surface area contributed by atoms with Gasteiger partial charge in [0.05, 0.1) is 23.0 Å². The molecule has 0 unspecified atom stereocenters. The van der Waals surface area contributed by atoms with Crippen molar-refractivity contribution in [1.29, 1.82) is 5.41 Å². The summed E-state index contributed by atoms with van der Waals surface area (Å²) in [6.07, 6.45) is 2.30. The van der Waals surface area contributed by atoms with Crippen molar-refractivity contribution in [2.24, 2.45) is 0 Å². The zero-order valence-corrected chi connectivity index (χ0v) is 20.0. The van der Waals surface area contributed by atoms with Crippen LogP contribution in [0.15, 0.2) is 36.4 Å². The highest BCUT2D eigenvalue weighted by molar-refractivity contribution is 7.88. The molecule has 5 N–H and O–H groups in total. The van der Waals surface area contributed by atoms with Gasteiger partial charge in [0.1, 0.15) is 23.0 Å². The fourth-order valence-corrected chi connectivity index (χ4v) is 5.40. The number of hydrogen-bond acceptors (Lipinski definition) is 7. The summed E-state index contributed by atoms with van der Waals surface area (Å²) in [5, 5.41) is 28.5.